The summed E-state index contributed by atoms with van der Waals surface area (Å²) in [6.45, 7) is 2.37. The van der Waals surface area contributed by atoms with Gasteiger partial charge in [-0.05, 0) is 30.7 Å². The molecular formula is C15H16FNO3. The molecule has 0 aliphatic heterocycles. The number of benzene rings is 1. The van der Waals surface area contributed by atoms with Crippen LogP contribution in [-0.4, -0.2) is 13.1 Å². The summed E-state index contributed by atoms with van der Waals surface area (Å²) in [4.78, 5) is 11.3. The number of hydrogen-bond acceptors (Lipinski definition) is 4. The second-order valence-electron chi connectivity index (χ2n) is 4.45. The number of ether oxygens (including phenoxy) is 1. The topological polar surface area (TPSA) is 51.5 Å². The largest absolute Gasteiger partial charge is 0.467 e. The lowest BCUT2D eigenvalue weighted by Crippen LogP contribution is -2.17. The summed E-state index contributed by atoms with van der Waals surface area (Å²) in [7, 11) is 1.32. The molecule has 0 saturated heterocycles. The normalized spacial score (nSPS) is 12.2. The van der Waals surface area contributed by atoms with Crippen LogP contribution in [0.3, 0.4) is 0 Å². The molecule has 20 heavy (non-hydrogen) atoms. The van der Waals surface area contributed by atoms with E-state index in [0.29, 0.717) is 17.9 Å². The molecule has 0 spiro atoms. The van der Waals surface area contributed by atoms with Crippen LogP contribution < -0.4 is 5.32 Å². The molecule has 5 heteroatoms. The van der Waals surface area contributed by atoms with Gasteiger partial charge in [-0.25, -0.2) is 9.18 Å². The Kier molecular flexibility index (Phi) is 4.53. The van der Waals surface area contributed by atoms with Crippen molar-refractivity contribution >= 4 is 5.97 Å². The maximum atomic E-state index is 13.1. The summed E-state index contributed by atoms with van der Waals surface area (Å²) < 4.78 is 23.0. The molecule has 1 aromatic carbocycles. The molecule has 1 N–H and O–H groups in total. The van der Waals surface area contributed by atoms with E-state index in [1.165, 1.54) is 25.5 Å². The van der Waals surface area contributed by atoms with Gasteiger partial charge in [-0.2, -0.15) is 0 Å². The minimum Gasteiger partial charge on any atom is -0.467 e. The van der Waals surface area contributed by atoms with Crippen molar-refractivity contribution in [3.8, 4) is 0 Å². The molecule has 0 bridgehead atoms. The second kappa shape index (κ2) is 6.34. The lowest BCUT2D eigenvalue weighted by molar-refractivity contribution is 0.0600. The fraction of sp³-hybridized carbons (Fsp3) is 0.267. The van der Waals surface area contributed by atoms with E-state index in [1.54, 1.807) is 12.1 Å². The molecule has 0 amide bonds. The maximum Gasteiger partial charge on any atom is 0.341 e. The fourth-order valence-corrected chi connectivity index (χ4v) is 1.85. The van der Waals surface area contributed by atoms with E-state index in [1.807, 2.05) is 13.0 Å². The van der Waals surface area contributed by atoms with Crippen LogP contribution in [0.25, 0.3) is 0 Å². The second-order valence-corrected chi connectivity index (χ2v) is 4.45. The quantitative estimate of drug-likeness (QED) is 0.853. The van der Waals surface area contributed by atoms with Crippen molar-refractivity contribution in [1.29, 1.82) is 0 Å². The van der Waals surface area contributed by atoms with Crippen molar-refractivity contribution in [2.24, 2.45) is 0 Å². The van der Waals surface area contributed by atoms with Crippen LogP contribution in [-0.2, 0) is 11.3 Å². The van der Waals surface area contributed by atoms with Crippen LogP contribution in [0.2, 0.25) is 0 Å². The first-order valence-corrected chi connectivity index (χ1v) is 6.24. The third-order valence-corrected chi connectivity index (χ3v) is 3.01. The maximum absolute atomic E-state index is 13.1. The number of esters is 1. The van der Waals surface area contributed by atoms with E-state index in [-0.39, 0.29) is 11.9 Å². The predicted octanol–water partition coefficient (Wildman–Crippen LogP) is 3.06. The third-order valence-electron chi connectivity index (χ3n) is 3.01. The number of hydrogen-bond donors (Lipinski definition) is 1. The Hall–Kier alpha value is -2.14. The Morgan fingerprint density at radius 3 is 2.95 bits per heavy atom. The number of carbonyl (C=O) groups is 1. The van der Waals surface area contributed by atoms with Gasteiger partial charge < -0.3 is 14.5 Å². The molecule has 4 nitrogen and oxygen atoms in total. The summed E-state index contributed by atoms with van der Waals surface area (Å²) >= 11 is 0. The Balaban J connectivity index is 1.95. The Morgan fingerprint density at radius 2 is 2.25 bits per heavy atom. The Morgan fingerprint density at radius 1 is 1.45 bits per heavy atom. The zero-order valence-corrected chi connectivity index (χ0v) is 11.4. The first-order chi connectivity index (χ1) is 9.60. The molecule has 1 heterocycles. The molecule has 1 aromatic heterocycles. The zero-order chi connectivity index (χ0) is 14.5. The summed E-state index contributed by atoms with van der Waals surface area (Å²) in [6.07, 6.45) is 1.36. The van der Waals surface area contributed by atoms with Gasteiger partial charge in [-0.15, -0.1) is 0 Å². The summed E-state index contributed by atoms with van der Waals surface area (Å²) in [5.41, 5.74) is 1.23. The average molecular weight is 277 g/mol. The third kappa shape index (κ3) is 3.45. The van der Waals surface area contributed by atoms with E-state index >= 15 is 0 Å². The first kappa shape index (κ1) is 14.3. The summed E-state index contributed by atoms with van der Waals surface area (Å²) in [5, 5.41) is 3.20. The van der Waals surface area contributed by atoms with Gasteiger partial charge in [0.2, 0.25) is 0 Å². The fourth-order valence-electron chi connectivity index (χ4n) is 1.85. The minimum absolute atomic E-state index is 0.0302. The lowest BCUT2D eigenvalue weighted by Gasteiger charge is -2.13. The van der Waals surface area contributed by atoms with Gasteiger partial charge in [0.25, 0.3) is 0 Å². The van der Waals surface area contributed by atoms with E-state index in [9.17, 15) is 9.18 Å². The van der Waals surface area contributed by atoms with Gasteiger partial charge in [0.05, 0.1) is 19.2 Å². The molecule has 0 fully saturated rings. The van der Waals surface area contributed by atoms with Crippen LogP contribution in [0.4, 0.5) is 4.39 Å². The highest BCUT2D eigenvalue weighted by molar-refractivity contribution is 5.88. The van der Waals surface area contributed by atoms with Crippen LogP contribution in [0.5, 0.6) is 0 Å². The molecule has 106 valence electrons. The smallest absolute Gasteiger partial charge is 0.341 e. The number of rotatable bonds is 5. The average Bonchev–Trinajstić information content (AvgIpc) is 2.92. The lowest BCUT2D eigenvalue weighted by atomic mass is 10.1. The monoisotopic (exact) mass is 277 g/mol. The van der Waals surface area contributed by atoms with Crippen molar-refractivity contribution in [2.75, 3.05) is 7.11 Å². The van der Waals surface area contributed by atoms with E-state index in [2.05, 4.69) is 10.1 Å². The van der Waals surface area contributed by atoms with Crippen molar-refractivity contribution in [2.45, 2.75) is 19.5 Å². The molecule has 2 rings (SSSR count). The Labute approximate surface area is 116 Å². The molecular weight excluding hydrogens is 261 g/mol. The highest BCUT2D eigenvalue weighted by Gasteiger charge is 2.11. The van der Waals surface area contributed by atoms with Gasteiger partial charge in [0.15, 0.2) is 0 Å². The molecule has 0 saturated carbocycles. The number of carbonyl (C=O) groups excluding carboxylic acids is 1. The highest BCUT2D eigenvalue weighted by atomic mass is 19.1. The Bertz CT molecular complexity index is 594. The van der Waals surface area contributed by atoms with Crippen molar-refractivity contribution in [1.82, 2.24) is 5.32 Å². The van der Waals surface area contributed by atoms with Gasteiger partial charge >= 0.3 is 5.97 Å². The first-order valence-electron chi connectivity index (χ1n) is 6.24. The number of halogens is 1. The summed E-state index contributed by atoms with van der Waals surface area (Å²) in [5.74, 6) is -0.0750. The van der Waals surface area contributed by atoms with Gasteiger partial charge in [-0.1, -0.05) is 12.1 Å². The molecule has 1 atom stereocenters. The van der Waals surface area contributed by atoms with Crippen molar-refractivity contribution < 1.29 is 18.3 Å². The van der Waals surface area contributed by atoms with Crippen LogP contribution in [0, 0.1) is 5.82 Å². The van der Waals surface area contributed by atoms with E-state index in [0.717, 1.165) is 5.56 Å². The number of furan rings is 1. The minimum atomic E-state index is -0.432. The number of nitrogens with one attached hydrogen (secondary N) is 1. The van der Waals surface area contributed by atoms with E-state index < -0.39 is 5.97 Å². The summed E-state index contributed by atoms with van der Waals surface area (Å²) in [6, 6.07) is 8.01. The standard InChI is InChI=1S/C15H16FNO3/c1-10(11-4-3-5-13(16)6-11)17-8-14-7-12(9-20-14)15(18)19-2/h3-7,9-10,17H,8H2,1-2H3/t10-/m1/s1. The molecule has 0 radical (unpaired) electrons. The van der Waals surface area contributed by atoms with Gasteiger partial charge in [0.1, 0.15) is 17.8 Å². The number of methoxy groups -OCH3 is 1. The van der Waals surface area contributed by atoms with Crippen LogP contribution in [0.1, 0.15) is 34.6 Å². The van der Waals surface area contributed by atoms with Crippen LogP contribution in [0.15, 0.2) is 41.0 Å². The predicted molar refractivity (Wildman–Crippen MR) is 71.7 cm³/mol. The molecule has 0 aliphatic carbocycles. The molecule has 0 aliphatic rings. The van der Waals surface area contributed by atoms with Gasteiger partial charge in [0, 0.05) is 6.04 Å². The van der Waals surface area contributed by atoms with E-state index in [4.69, 9.17) is 4.42 Å². The SMILES string of the molecule is COC(=O)c1coc(CN[C@H](C)c2cccc(F)c2)c1. The van der Waals surface area contributed by atoms with Crippen molar-refractivity contribution in [3.63, 3.8) is 0 Å². The van der Waals surface area contributed by atoms with Crippen molar-refractivity contribution in [3.05, 3.63) is 59.3 Å². The zero-order valence-electron chi connectivity index (χ0n) is 11.4. The van der Waals surface area contributed by atoms with Gasteiger partial charge in [-0.3, -0.25) is 0 Å². The highest BCUT2D eigenvalue weighted by Crippen LogP contribution is 2.15. The van der Waals surface area contributed by atoms with Crippen LogP contribution >= 0.6 is 0 Å². The molecule has 2 aromatic rings. The molecule has 0 unspecified atom stereocenters.